The van der Waals surface area contributed by atoms with Gasteiger partial charge < -0.3 is 15.0 Å². The van der Waals surface area contributed by atoms with Gasteiger partial charge in [-0.15, -0.1) is 0 Å². The monoisotopic (exact) mass is 492 g/mol. The maximum absolute atomic E-state index is 13.1. The van der Waals surface area contributed by atoms with E-state index in [1.807, 2.05) is 16.7 Å². The van der Waals surface area contributed by atoms with E-state index in [1.54, 1.807) is 24.4 Å². The van der Waals surface area contributed by atoms with Crippen LogP contribution in [0.4, 0.5) is 5.69 Å². The molecule has 9 heteroatoms. The molecule has 2 heterocycles. The van der Waals surface area contributed by atoms with Crippen molar-refractivity contribution in [3.63, 3.8) is 0 Å². The molecule has 2 N–H and O–H groups in total. The van der Waals surface area contributed by atoms with Crippen LogP contribution in [-0.2, 0) is 11.3 Å². The zero-order valence-corrected chi connectivity index (χ0v) is 20.2. The molecule has 0 saturated heterocycles. The molecule has 0 bridgehead atoms. The summed E-state index contributed by atoms with van der Waals surface area (Å²) in [5.74, 6) is -1.00. The Balaban J connectivity index is 1.95. The molecule has 0 fully saturated rings. The lowest BCUT2D eigenvalue weighted by atomic mass is 10.1. The number of unbranched alkanes of at least 4 members (excludes halogenated alkanes) is 2. The van der Waals surface area contributed by atoms with Gasteiger partial charge in [-0.3, -0.25) is 14.0 Å². The molecular weight excluding hydrogens is 468 g/mol. The van der Waals surface area contributed by atoms with E-state index in [-0.39, 0.29) is 17.0 Å². The number of halogens is 1. The Morgan fingerprint density at radius 1 is 1.06 bits per heavy atom. The summed E-state index contributed by atoms with van der Waals surface area (Å²) in [6.07, 6.45) is 4.53. The summed E-state index contributed by atoms with van der Waals surface area (Å²) in [6.45, 7) is 4.03. The predicted molar refractivity (Wildman–Crippen MR) is 136 cm³/mol. The minimum absolute atomic E-state index is 0.00359. The number of nitrogens with zero attached hydrogens (tertiary/aromatic N) is 3. The predicted octanol–water partition coefficient (Wildman–Crippen LogP) is 5.33. The van der Waals surface area contributed by atoms with Crippen molar-refractivity contribution in [3.05, 3.63) is 75.7 Å². The van der Waals surface area contributed by atoms with Crippen LogP contribution in [0.2, 0.25) is 5.02 Å². The summed E-state index contributed by atoms with van der Waals surface area (Å²) in [7, 11) is 0. The second kappa shape index (κ2) is 10.1. The van der Waals surface area contributed by atoms with Gasteiger partial charge in [-0.1, -0.05) is 43.5 Å². The molecule has 0 saturated carbocycles. The zero-order valence-electron chi connectivity index (χ0n) is 19.4. The van der Waals surface area contributed by atoms with Gasteiger partial charge in [0.2, 0.25) is 11.7 Å². The van der Waals surface area contributed by atoms with Gasteiger partial charge >= 0.3 is 5.97 Å². The number of carbonyl (C=O) groups is 2. The van der Waals surface area contributed by atoms with E-state index in [0.29, 0.717) is 40.0 Å². The van der Waals surface area contributed by atoms with E-state index >= 15 is 0 Å². The summed E-state index contributed by atoms with van der Waals surface area (Å²) in [5, 5.41) is 12.9. The number of aromatic carboxylic acids is 1. The minimum atomic E-state index is -1.13. The van der Waals surface area contributed by atoms with E-state index in [2.05, 4.69) is 12.2 Å². The van der Waals surface area contributed by atoms with Crippen LogP contribution in [0, 0.1) is 0 Å². The Bertz CT molecular complexity index is 1470. The largest absolute Gasteiger partial charge is 0.478 e. The number of nitrogens with one attached hydrogen (secondary N) is 1. The fraction of sp³-hybridized carbons (Fsp3) is 0.231. The Kier molecular flexibility index (Phi) is 7.02. The molecule has 0 aliphatic heterocycles. The number of carboxylic acids is 1. The number of imidazole rings is 1. The van der Waals surface area contributed by atoms with Crippen LogP contribution in [0.25, 0.3) is 28.3 Å². The third kappa shape index (κ3) is 5.27. The maximum Gasteiger partial charge on any atom is 0.335 e. The lowest BCUT2D eigenvalue weighted by molar-refractivity contribution is -0.114. The van der Waals surface area contributed by atoms with Crippen LogP contribution >= 0.6 is 11.6 Å². The molecule has 35 heavy (non-hydrogen) atoms. The van der Waals surface area contributed by atoms with E-state index in [1.165, 1.54) is 29.5 Å². The lowest BCUT2D eigenvalue weighted by Crippen LogP contribution is -2.19. The summed E-state index contributed by atoms with van der Waals surface area (Å²) in [4.78, 5) is 41.3. The smallest absolute Gasteiger partial charge is 0.335 e. The molecule has 4 rings (SSSR count). The SMILES string of the molecule is CCCCCn1c(-c2cc(NC(C)=O)cc(C(=O)O)c2)cc(=O)n2cc(-c3ccc(Cl)cc3)nc12. The summed E-state index contributed by atoms with van der Waals surface area (Å²) < 4.78 is 3.42. The van der Waals surface area contributed by atoms with Crippen molar-refractivity contribution >= 4 is 34.9 Å². The van der Waals surface area contributed by atoms with Crippen molar-refractivity contribution in [1.82, 2.24) is 14.0 Å². The number of carboxylic acid groups (broad SMARTS) is 1. The highest BCUT2D eigenvalue weighted by atomic mass is 35.5. The van der Waals surface area contributed by atoms with Crippen LogP contribution in [0.3, 0.4) is 0 Å². The Morgan fingerprint density at radius 3 is 2.46 bits per heavy atom. The van der Waals surface area contributed by atoms with Gasteiger partial charge in [-0.05, 0) is 36.8 Å². The van der Waals surface area contributed by atoms with Crippen LogP contribution in [0.15, 0.2) is 59.5 Å². The Labute approximate surface area is 206 Å². The van der Waals surface area contributed by atoms with Gasteiger partial charge in [-0.25, -0.2) is 9.78 Å². The fourth-order valence-corrected chi connectivity index (χ4v) is 4.13. The van der Waals surface area contributed by atoms with Crippen molar-refractivity contribution in [2.75, 3.05) is 5.32 Å². The molecule has 1 amide bonds. The number of amides is 1. The standard InChI is InChI=1S/C26H25ClN4O4/c1-3-4-5-10-30-23(18-11-19(25(34)35)13-21(12-18)28-16(2)32)14-24(33)31-15-22(29-26(30)31)17-6-8-20(27)9-7-17/h6-9,11-15H,3-5,10H2,1-2H3,(H,28,32)(H,34,35). The Morgan fingerprint density at radius 2 is 1.80 bits per heavy atom. The first-order valence-corrected chi connectivity index (χ1v) is 11.7. The molecule has 0 spiro atoms. The molecule has 8 nitrogen and oxygen atoms in total. The number of carbonyl (C=O) groups excluding carboxylic acids is 1. The molecule has 0 aliphatic rings. The second-order valence-corrected chi connectivity index (χ2v) is 8.75. The summed E-state index contributed by atoms with van der Waals surface area (Å²) in [6, 6.07) is 13.2. The molecule has 4 aromatic rings. The first-order chi connectivity index (χ1) is 16.8. The quantitative estimate of drug-likeness (QED) is 0.323. The highest BCUT2D eigenvalue weighted by Crippen LogP contribution is 2.28. The highest BCUT2D eigenvalue weighted by molar-refractivity contribution is 6.30. The average molecular weight is 493 g/mol. The number of rotatable bonds is 8. The Hall–Kier alpha value is -3.91. The first kappa shape index (κ1) is 24.2. The van der Waals surface area contributed by atoms with Crippen molar-refractivity contribution in [2.24, 2.45) is 0 Å². The number of aromatic nitrogens is 3. The van der Waals surface area contributed by atoms with E-state index < -0.39 is 5.97 Å². The number of hydrogen-bond acceptors (Lipinski definition) is 4. The molecule has 2 aromatic heterocycles. The fourth-order valence-electron chi connectivity index (χ4n) is 4.01. The van der Waals surface area contributed by atoms with Gasteiger partial charge in [0.05, 0.1) is 17.0 Å². The van der Waals surface area contributed by atoms with Crippen LogP contribution in [0.5, 0.6) is 0 Å². The minimum Gasteiger partial charge on any atom is -0.478 e. The van der Waals surface area contributed by atoms with E-state index in [9.17, 15) is 19.5 Å². The highest BCUT2D eigenvalue weighted by Gasteiger charge is 2.17. The lowest BCUT2D eigenvalue weighted by Gasteiger charge is -2.16. The molecule has 0 aliphatic carbocycles. The van der Waals surface area contributed by atoms with Crippen molar-refractivity contribution in [2.45, 2.75) is 39.7 Å². The topological polar surface area (TPSA) is 106 Å². The number of benzene rings is 2. The molecular formula is C26H25ClN4O4. The average Bonchev–Trinajstić information content (AvgIpc) is 3.26. The molecule has 0 unspecified atom stereocenters. The third-order valence-electron chi connectivity index (χ3n) is 5.64. The molecule has 0 radical (unpaired) electrons. The van der Waals surface area contributed by atoms with Crippen LogP contribution in [-0.4, -0.2) is 30.9 Å². The number of aryl methyl sites for hydroxylation is 1. The van der Waals surface area contributed by atoms with Gasteiger partial charge in [0.1, 0.15) is 0 Å². The number of hydrogen-bond donors (Lipinski definition) is 2. The molecule has 2 aromatic carbocycles. The summed E-state index contributed by atoms with van der Waals surface area (Å²) in [5.41, 5.74) is 2.52. The summed E-state index contributed by atoms with van der Waals surface area (Å²) >= 11 is 6.02. The van der Waals surface area contributed by atoms with Gasteiger partial charge in [0.15, 0.2) is 0 Å². The van der Waals surface area contributed by atoms with E-state index in [0.717, 1.165) is 24.8 Å². The third-order valence-corrected chi connectivity index (χ3v) is 5.89. The zero-order chi connectivity index (χ0) is 25.1. The molecule has 180 valence electrons. The normalized spacial score (nSPS) is 11.1. The molecule has 0 atom stereocenters. The van der Waals surface area contributed by atoms with Crippen molar-refractivity contribution < 1.29 is 14.7 Å². The van der Waals surface area contributed by atoms with E-state index in [4.69, 9.17) is 16.6 Å². The first-order valence-electron chi connectivity index (χ1n) is 11.3. The maximum atomic E-state index is 13.1. The second-order valence-electron chi connectivity index (χ2n) is 8.31. The van der Waals surface area contributed by atoms with Crippen molar-refractivity contribution in [3.8, 4) is 22.5 Å². The van der Waals surface area contributed by atoms with Gasteiger partial charge in [0.25, 0.3) is 5.56 Å². The van der Waals surface area contributed by atoms with Gasteiger partial charge in [-0.2, -0.15) is 0 Å². The van der Waals surface area contributed by atoms with Crippen molar-refractivity contribution in [1.29, 1.82) is 0 Å². The van der Waals surface area contributed by atoms with Crippen LogP contribution in [0.1, 0.15) is 43.5 Å². The number of fused-ring (bicyclic) bond motifs is 1. The van der Waals surface area contributed by atoms with Gasteiger partial charge in [0, 0.05) is 47.6 Å². The van der Waals surface area contributed by atoms with Crippen LogP contribution < -0.4 is 10.9 Å². The number of anilines is 1.